The van der Waals surface area contributed by atoms with E-state index in [9.17, 15) is 14.9 Å². The molecule has 3 aliphatic heterocycles. The van der Waals surface area contributed by atoms with Gasteiger partial charge < -0.3 is 5.11 Å². The number of aromatic carboxylic acids is 1. The molecule has 3 fully saturated rings. The van der Waals surface area contributed by atoms with Crippen molar-refractivity contribution in [1.82, 2.24) is 19.5 Å². The van der Waals surface area contributed by atoms with Crippen LogP contribution >= 0.6 is 0 Å². The van der Waals surface area contributed by atoms with Gasteiger partial charge in [-0.3, -0.25) is 0 Å². The van der Waals surface area contributed by atoms with E-state index in [2.05, 4.69) is 19.5 Å². The Morgan fingerprint density at radius 3 is 1.48 bits per heavy atom. The number of carboxylic acids is 1. The molecule has 4 rings (SSSR count). The van der Waals surface area contributed by atoms with Gasteiger partial charge in [0.2, 0.25) is 0 Å². The van der Waals surface area contributed by atoms with Crippen molar-refractivity contribution in [2.75, 3.05) is 78.6 Å². The zero-order valence-electron chi connectivity index (χ0n) is 32.0. The van der Waals surface area contributed by atoms with Crippen LogP contribution in [0, 0.1) is 21.2 Å². The Balaban J connectivity index is 1.87. The quantitative estimate of drug-likeness (QED) is 0.113. The second-order valence-electron chi connectivity index (χ2n) is 14.0. The van der Waals surface area contributed by atoms with Crippen LogP contribution in [0.15, 0.2) is 24.3 Å². The van der Waals surface area contributed by atoms with Crippen LogP contribution in [0.25, 0.3) is 0 Å². The Kier molecular flexibility index (Phi) is 22.5. The number of carboxylic acid groups (broad SMARTS) is 1. The third-order valence-corrected chi connectivity index (χ3v) is 10.4. The summed E-state index contributed by atoms with van der Waals surface area (Å²) < 4.78 is 29.0. The number of hydrogen-bond donors (Lipinski definition) is 6. The molecular weight excluding hydrogens is 690 g/mol. The number of fused-ring (bicyclic) bond motifs is 21. The molecule has 16 nitrogen and oxygen atoms in total. The molecule has 0 saturated carbocycles. The van der Waals surface area contributed by atoms with E-state index < -0.39 is 13.0 Å². The summed E-state index contributed by atoms with van der Waals surface area (Å²) >= 11 is 0. The minimum absolute atomic E-state index is 0.180. The fraction of sp³-hybridized carbons (Fsp3) is 0.788. The van der Waals surface area contributed by atoms with Crippen molar-refractivity contribution in [3.63, 3.8) is 0 Å². The van der Waals surface area contributed by atoms with E-state index in [1.54, 1.807) is 19.0 Å². The maximum atomic E-state index is 11.2. The van der Waals surface area contributed by atoms with Gasteiger partial charge in [-0.2, -0.15) is 0 Å². The molecule has 54 heavy (non-hydrogen) atoms. The van der Waals surface area contributed by atoms with Crippen LogP contribution in [0.4, 0.5) is 0 Å². The van der Waals surface area contributed by atoms with Crippen molar-refractivity contribution < 1.29 is 38.3 Å². The number of nitrogens with one attached hydrogen (secondary N) is 4. The first-order valence-corrected chi connectivity index (χ1v) is 19.4. The normalized spacial score (nSPS) is 26.0. The number of nitrogens with zero attached hydrogens (tertiary/aromatic N) is 4. The van der Waals surface area contributed by atoms with Gasteiger partial charge in [0.1, 0.15) is 5.75 Å². The van der Waals surface area contributed by atoms with Crippen molar-refractivity contribution in [3.8, 4) is 5.75 Å². The summed E-state index contributed by atoms with van der Waals surface area (Å²) in [6.07, 6.45) is 5.53. The summed E-state index contributed by atoms with van der Waals surface area (Å²) in [6.45, 7) is 10.2. The van der Waals surface area contributed by atoms with E-state index in [0.29, 0.717) is 96.4 Å². The predicted octanol–water partition coefficient (Wildman–Crippen LogP) is 2.69. The molecule has 6 N–H and O–H groups in total. The van der Waals surface area contributed by atoms with E-state index >= 15 is 0 Å². The molecule has 2 bridgehead atoms. The summed E-state index contributed by atoms with van der Waals surface area (Å²) in [5.74, 6) is -0.351. The van der Waals surface area contributed by atoms with E-state index in [1.165, 1.54) is 12.1 Å². The Labute approximate surface area is 323 Å². The van der Waals surface area contributed by atoms with Crippen LogP contribution < -0.4 is 4.74 Å². The monoisotopic (exact) mass is 750 g/mol. The molecule has 294 valence electrons. The van der Waals surface area contributed by atoms with Gasteiger partial charge in [0.05, 0.1) is 5.56 Å². The number of benzene rings is 1. The summed E-state index contributed by atoms with van der Waals surface area (Å²) in [5, 5.41) is 50.8. The van der Waals surface area contributed by atoms with Gasteiger partial charge in [-0.15, -0.1) is 0 Å². The molecule has 3 saturated heterocycles. The molecule has 4 atom stereocenters. The summed E-state index contributed by atoms with van der Waals surface area (Å²) in [6, 6.07) is 6.42. The molecule has 1 aromatic rings. The molecule has 0 aliphatic carbocycles. The van der Waals surface area contributed by atoms with Gasteiger partial charge in [-0.05, 0) is 24.3 Å². The van der Waals surface area contributed by atoms with Crippen LogP contribution in [-0.2, 0) is 18.6 Å². The van der Waals surface area contributed by atoms with Crippen molar-refractivity contribution in [3.05, 3.63) is 29.8 Å². The van der Waals surface area contributed by atoms with E-state index in [0.717, 1.165) is 74.8 Å². The molecule has 0 amide bonds. The molecule has 1 aromatic carbocycles. The SMILES string of the molecule is CB(O)N1CCN2CCC(OB=N)CCC(OB=N)CCN(CCC(OB=N)CCC(OB=N)CC2)CCN(CCCOc2ccc(C(=O)O)cc2)CC1. The minimum atomic E-state index is -0.975. The molecule has 0 radical (unpaired) electrons. The fourth-order valence-corrected chi connectivity index (χ4v) is 7.04. The zero-order chi connectivity index (χ0) is 39.0. The molecule has 21 heteroatoms. The third-order valence-electron chi connectivity index (χ3n) is 10.4. The van der Waals surface area contributed by atoms with Crippen molar-refractivity contribution in [2.24, 2.45) is 0 Å². The van der Waals surface area contributed by atoms with Crippen LogP contribution in [0.1, 0.15) is 68.1 Å². The second kappa shape index (κ2) is 26.8. The van der Waals surface area contributed by atoms with Crippen LogP contribution in [0.2, 0.25) is 6.82 Å². The number of ether oxygens (including phenoxy) is 1. The molecule has 0 aromatic heterocycles. The van der Waals surface area contributed by atoms with Gasteiger partial charge in [0.25, 0.3) is 0 Å². The number of hydrogen-bond acceptors (Lipinski definition) is 15. The zero-order valence-corrected chi connectivity index (χ0v) is 32.0. The second-order valence-corrected chi connectivity index (χ2v) is 14.0. The average Bonchev–Trinajstić information content (AvgIpc) is 3.15. The van der Waals surface area contributed by atoms with Gasteiger partial charge in [-0.1, -0.05) is 0 Å². The molecular formula is C33H59B5N8O8. The Hall–Kier alpha value is -2.99. The first-order chi connectivity index (χ1) is 26.2. The molecule has 4 unspecified atom stereocenters. The fourth-order valence-electron chi connectivity index (χ4n) is 7.04. The molecule has 3 aliphatic rings. The van der Waals surface area contributed by atoms with Crippen LogP contribution in [-0.4, -0.2) is 175 Å². The van der Waals surface area contributed by atoms with E-state index in [1.807, 2.05) is 0 Å². The van der Waals surface area contributed by atoms with Crippen molar-refractivity contribution in [1.29, 1.82) is 21.2 Å². The predicted molar refractivity (Wildman–Crippen MR) is 209 cm³/mol. The van der Waals surface area contributed by atoms with Gasteiger partial charge in [0.15, 0.2) is 0 Å². The van der Waals surface area contributed by atoms with Gasteiger partial charge >= 0.3 is 279 Å². The van der Waals surface area contributed by atoms with Crippen molar-refractivity contribution in [2.45, 2.75) is 89.0 Å². The number of rotatable bonds is 15. The van der Waals surface area contributed by atoms with Gasteiger partial charge in [0, 0.05) is 0 Å². The Bertz CT molecular complexity index is 1210. The maximum absolute atomic E-state index is 11.2. The van der Waals surface area contributed by atoms with E-state index in [-0.39, 0.29) is 30.0 Å². The Morgan fingerprint density at radius 1 is 0.667 bits per heavy atom. The first-order valence-electron chi connectivity index (χ1n) is 19.4. The van der Waals surface area contributed by atoms with Crippen LogP contribution in [0.5, 0.6) is 5.75 Å². The summed E-state index contributed by atoms with van der Waals surface area (Å²) in [7, 11) is 3.40. The summed E-state index contributed by atoms with van der Waals surface area (Å²) in [4.78, 5) is 20.5. The third kappa shape index (κ3) is 18.1. The van der Waals surface area contributed by atoms with Gasteiger partial charge in [-0.25, -0.2) is 4.79 Å². The summed E-state index contributed by atoms with van der Waals surface area (Å²) in [5.41, 5.74) is 0.214. The first kappa shape index (κ1) is 45.4. The van der Waals surface area contributed by atoms with Crippen molar-refractivity contribution >= 4 is 42.1 Å². The van der Waals surface area contributed by atoms with Crippen LogP contribution in [0.3, 0.4) is 0 Å². The standard InChI is InChI=1S/C33H59B5N8O8/c1-38(49)46-24-22-43(15-2-26-50-28-5-3-27(4-6-28)33(47)48)20-21-44-16-11-29(51-34-39)7-9-31(53-36-41)13-18-45(23-25-46)19-14-32(54-37-42)10-8-30(12-17-44)52-35-40/h3-6,29-32,39-42,49H,2,7-26H2,1H3,(H,47,48). The molecule has 0 spiro atoms. The number of carbonyl (C=O) groups is 1. The topological polar surface area (TPSA) is 212 Å². The van der Waals surface area contributed by atoms with E-state index in [4.69, 9.17) is 44.6 Å². The molecule has 3 heterocycles. The Morgan fingerprint density at radius 2 is 1.07 bits per heavy atom. The average molecular weight is 750 g/mol.